The molecule has 0 spiro atoms. The van der Waals surface area contributed by atoms with Gasteiger partial charge in [-0.05, 0) is 55.2 Å². The molecule has 7 heteroatoms. The number of hydrogen-bond acceptors (Lipinski definition) is 6. The summed E-state index contributed by atoms with van der Waals surface area (Å²) >= 11 is 0. The minimum absolute atomic E-state index is 0.699. The van der Waals surface area contributed by atoms with Gasteiger partial charge in [-0.2, -0.15) is 5.10 Å². The fraction of sp³-hybridized carbons (Fsp3) is 0.192. The van der Waals surface area contributed by atoms with Gasteiger partial charge in [-0.25, -0.2) is 4.98 Å². The monoisotopic (exact) mass is 437 g/mol. The van der Waals surface area contributed by atoms with E-state index in [2.05, 4.69) is 61.0 Å². The summed E-state index contributed by atoms with van der Waals surface area (Å²) in [4.78, 5) is 11.0. The number of benzene rings is 1. The van der Waals surface area contributed by atoms with Gasteiger partial charge in [-0.1, -0.05) is 25.3 Å². The molecule has 0 amide bonds. The van der Waals surface area contributed by atoms with Crippen LogP contribution < -0.4 is 10.6 Å². The lowest BCUT2D eigenvalue weighted by Gasteiger charge is -2.30. The summed E-state index contributed by atoms with van der Waals surface area (Å²) in [5.41, 5.74) is 5.41. The number of likely N-dealkylation sites (tertiary alicyclic amines) is 1. The molecule has 3 N–H and O–H groups in total. The van der Waals surface area contributed by atoms with Gasteiger partial charge in [0.25, 0.3) is 0 Å². The van der Waals surface area contributed by atoms with Gasteiger partial charge in [0, 0.05) is 36.4 Å². The number of nitrogens with one attached hydrogen (secondary N) is 3. The van der Waals surface area contributed by atoms with Gasteiger partial charge in [0.1, 0.15) is 11.5 Å². The third-order valence-corrected chi connectivity index (χ3v) is 5.91. The zero-order valence-corrected chi connectivity index (χ0v) is 18.5. The van der Waals surface area contributed by atoms with Crippen LogP contribution in [-0.4, -0.2) is 38.2 Å². The second kappa shape index (κ2) is 9.16. The van der Waals surface area contributed by atoms with Crippen LogP contribution in [0.15, 0.2) is 80.0 Å². The molecule has 4 aromatic rings. The predicted molar refractivity (Wildman–Crippen MR) is 134 cm³/mol. The first-order chi connectivity index (χ1) is 16.2. The number of aromatic nitrogens is 4. The van der Waals surface area contributed by atoms with E-state index in [-0.39, 0.29) is 0 Å². The molecule has 33 heavy (non-hydrogen) atoms. The molecule has 0 unspecified atom stereocenters. The van der Waals surface area contributed by atoms with E-state index in [1.54, 1.807) is 12.4 Å². The molecule has 0 aliphatic carbocycles. The average Bonchev–Trinajstić information content (AvgIpc) is 3.30. The van der Waals surface area contributed by atoms with E-state index in [0.29, 0.717) is 5.70 Å². The molecule has 1 saturated heterocycles. The normalized spacial score (nSPS) is 13.6. The quantitative estimate of drug-likeness (QED) is 0.356. The summed E-state index contributed by atoms with van der Waals surface area (Å²) < 4.78 is 0. The van der Waals surface area contributed by atoms with Crippen LogP contribution >= 0.6 is 0 Å². The molecule has 1 aliphatic heterocycles. The SMILES string of the molecule is C=C(Nc1ccc(NC(=C)N2CCCCC2)nc1)c1n[nH]c2ccc(-c3cccnc3)cc12. The maximum atomic E-state index is 4.53. The summed E-state index contributed by atoms with van der Waals surface area (Å²) in [6.07, 6.45) is 9.13. The highest BCUT2D eigenvalue weighted by atomic mass is 15.3. The van der Waals surface area contributed by atoms with Crippen LogP contribution in [0.1, 0.15) is 25.0 Å². The zero-order chi connectivity index (χ0) is 22.6. The predicted octanol–water partition coefficient (Wildman–Crippen LogP) is 5.47. The third-order valence-electron chi connectivity index (χ3n) is 5.91. The number of rotatable bonds is 7. The van der Waals surface area contributed by atoms with Crippen LogP contribution in [0.2, 0.25) is 0 Å². The van der Waals surface area contributed by atoms with E-state index >= 15 is 0 Å². The molecule has 166 valence electrons. The van der Waals surface area contributed by atoms with Crippen molar-refractivity contribution in [3.8, 4) is 11.1 Å². The molecular weight excluding hydrogens is 410 g/mol. The number of anilines is 2. The van der Waals surface area contributed by atoms with Gasteiger partial charge < -0.3 is 15.5 Å². The fourth-order valence-corrected chi connectivity index (χ4v) is 4.12. The van der Waals surface area contributed by atoms with Gasteiger partial charge in [0.15, 0.2) is 0 Å². The molecule has 1 fully saturated rings. The Hall–Kier alpha value is -4.13. The average molecular weight is 438 g/mol. The van der Waals surface area contributed by atoms with Crippen molar-refractivity contribution < 1.29 is 0 Å². The van der Waals surface area contributed by atoms with E-state index < -0.39 is 0 Å². The highest BCUT2D eigenvalue weighted by molar-refractivity contribution is 5.95. The Balaban J connectivity index is 1.29. The Kier molecular flexibility index (Phi) is 5.76. The summed E-state index contributed by atoms with van der Waals surface area (Å²) in [6, 6.07) is 14.1. The third kappa shape index (κ3) is 4.57. The summed E-state index contributed by atoms with van der Waals surface area (Å²) in [5, 5.41) is 15.2. The molecule has 0 bridgehead atoms. The van der Waals surface area contributed by atoms with Crippen molar-refractivity contribution in [2.24, 2.45) is 0 Å². The number of nitrogens with zero attached hydrogens (tertiary/aromatic N) is 4. The number of fused-ring (bicyclic) bond motifs is 1. The summed E-state index contributed by atoms with van der Waals surface area (Å²) in [6.45, 7) is 10.5. The number of hydrogen-bond donors (Lipinski definition) is 3. The molecule has 1 aliphatic rings. The topological polar surface area (TPSA) is 81.8 Å². The van der Waals surface area contributed by atoms with Gasteiger partial charge >= 0.3 is 0 Å². The second-order valence-corrected chi connectivity index (χ2v) is 8.23. The molecule has 1 aromatic carbocycles. The van der Waals surface area contributed by atoms with E-state index in [9.17, 15) is 0 Å². The van der Waals surface area contributed by atoms with Crippen molar-refractivity contribution in [1.82, 2.24) is 25.1 Å². The Morgan fingerprint density at radius 1 is 0.939 bits per heavy atom. The largest absolute Gasteiger partial charge is 0.359 e. The smallest absolute Gasteiger partial charge is 0.131 e. The van der Waals surface area contributed by atoms with Crippen molar-refractivity contribution >= 4 is 28.1 Å². The van der Waals surface area contributed by atoms with Crippen molar-refractivity contribution in [3.05, 3.63) is 85.7 Å². The van der Waals surface area contributed by atoms with Crippen LogP contribution in [0.25, 0.3) is 27.7 Å². The molecule has 3 aromatic heterocycles. The van der Waals surface area contributed by atoms with Crippen LogP contribution in [-0.2, 0) is 0 Å². The maximum Gasteiger partial charge on any atom is 0.131 e. The number of pyridine rings is 2. The van der Waals surface area contributed by atoms with Crippen molar-refractivity contribution in [2.45, 2.75) is 19.3 Å². The van der Waals surface area contributed by atoms with Crippen LogP contribution in [0.3, 0.4) is 0 Å². The van der Waals surface area contributed by atoms with Gasteiger partial charge in [0.05, 0.1) is 28.9 Å². The Bertz CT molecular complexity index is 1270. The van der Waals surface area contributed by atoms with E-state index in [0.717, 1.165) is 58.1 Å². The lowest BCUT2D eigenvalue weighted by atomic mass is 10.0. The fourth-order valence-electron chi connectivity index (χ4n) is 4.12. The second-order valence-electron chi connectivity index (χ2n) is 8.23. The minimum atomic E-state index is 0.699. The van der Waals surface area contributed by atoms with Gasteiger partial charge in [-0.3, -0.25) is 10.1 Å². The Labute approximate surface area is 193 Å². The van der Waals surface area contributed by atoms with Gasteiger partial charge in [-0.15, -0.1) is 0 Å². The molecular formula is C26H27N7. The number of piperidine rings is 1. The molecule has 0 saturated carbocycles. The first kappa shape index (κ1) is 20.8. The lowest BCUT2D eigenvalue weighted by molar-refractivity contribution is 0.289. The van der Waals surface area contributed by atoms with Crippen molar-refractivity contribution in [2.75, 3.05) is 23.7 Å². The zero-order valence-electron chi connectivity index (χ0n) is 18.5. The van der Waals surface area contributed by atoms with Crippen molar-refractivity contribution in [3.63, 3.8) is 0 Å². The molecule has 7 nitrogen and oxygen atoms in total. The van der Waals surface area contributed by atoms with Gasteiger partial charge in [0.2, 0.25) is 0 Å². The van der Waals surface area contributed by atoms with Crippen LogP contribution in [0, 0.1) is 0 Å². The van der Waals surface area contributed by atoms with Crippen molar-refractivity contribution in [1.29, 1.82) is 0 Å². The first-order valence-corrected chi connectivity index (χ1v) is 11.2. The highest BCUT2D eigenvalue weighted by Gasteiger charge is 2.13. The molecule has 5 rings (SSSR count). The molecule has 0 atom stereocenters. The maximum absolute atomic E-state index is 4.53. The van der Waals surface area contributed by atoms with E-state index in [1.807, 2.05) is 36.5 Å². The van der Waals surface area contributed by atoms with E-state index in [1.165, 1.54) is 19.3 Å². The standard InChI is InChI=1S/C26H27N7/c1-18(26-23-15-20(8-10-24(23)31-32-26)21-7-6-12-27-16-21)29-22-9-11-25(28-17-22)30-19(2)33-13-4-3-5-14-33/h6-12,15-17,29H,1-5,13-14H2,(H,28,30)(H,31,32). The highest BCUT2D eigenvalue weighted by Crippen LogP contribution is 2.28. The van der Waals surface area contributed by atoms with Crippen LogP contribution in [0.5, 0.6) is 0 Å². The minimum Gasteiger partial charge on any atom is -0.359 e. The molecule has 4 heterocycles. The lowest BCUT2D eigenvalue weighted by Crippen LogP contribution is -2.31. The summed E-state index contributed by atoms with van der Waals surface area (Å²) in [7, 11) is 0. The van der Waals surface area contributed by atoms with Crippen LogP contribution in [0.4, 0.5) is 11.5 Å². The Morgan fingerprint density at radius 2 is 1.82 bits per heavy atom. The Morgan fingerprint density at radius 3 is 2.58 bits per heavy atom. The number of H-pyrrole nitrogens is 1. The van der Waals surface area contributed by atoms with E-state index in [4.69, 9.17) is 0 Å². The molecule has 0 radical (unpaired) electrons. The summed E-state index contributed by atoms with van der Waals surface area (Å²) in [5.74, 6) is 1.67. The first-order valence-electron chi connectivity index (χ1n) is 11.2. The number of aromatic amines is 1.